The molecule has 1 atom stereocenters. The molecule has 0 radical (unpaired) electrons. The van der Waals surface area contributed by atoms with Gasteiger partial charge in [0.2, 0.25) is 0 Å². The van der Waals surface area contributed by atoms with Gasteiger partial charge in [0.15, 0.2) is 0 Å². The molecular formula is C22H25BrFN5O3. The molecule has 0 saturated heterocycles. The van der Waals surface area contributed by atoms with E-state index in [0.29, 0.717) is 34.5 Å². The van der Waals surface area contributed by atoms with Crippen LogP contribution in [0.15, 0.2) is 33.8 Å². The van der Waals surface area contributed by atoms with E-state index in [1.165, 1.54) is 10.8 Å². The molecule has 3 aromatic rings. The number of halogens is 2. The number of aryl methyl sites for hydroxylation is 1. The van der Waals surface area contributed by atoms with Crippen LogP contribution in [0.3, 0.4) is 0 Å². The quantitative estimate of drug-likeness (QED) is 0.558. The van der Waals surface area contributed by atoms with Crippen molar-refractivity contribution >= 4 is 22.0 Å². The summed E-state index contributed by atoms with van der Waals surface area (Å²) in [5.41, 5.74) is 1.61. The molecular weight excluding hydrogens is 481 g/mol. The Bertz CT molecular complexity index is 1230. The zero-order valence-electron chi connectivity index (χ0n) is 18.6. The van der Waals surface area contributed by atoms with Crippen LogP contribution < -0.4 is 5.69 Å². The van der Waals surface area contributed by atoms with Crippen LogP contribution in [0.5, 0.6) is 0 Å². The van der Waals surface area contributed by atoms with Gasteiger partial charge in [0.05, 0.1) is 21.9 Å². The van der Waals surface area contributed by atoms with Crippen LogP contribution in [0.2, 0.25) is 0 Å². The van der Waals surface area contributed by atoms with Crippen molar-refractivity contribution < 1.29 is 13.9 Å². The van der Waals surface area contributed by atoms with E-state index in [0.717, 1.165) is 11.3 Å². The number of carbonyl (C=O) groups excluding carboxylic acids is 1. The number of H-pyrrole nitrogens is 1. The Kier molecular flexibility index (Phi) is 5.52. The summed E-state index contributed by atoms with van der Waals surface area (Å²) < 4.78 is 23.2. The van der Waals surface area contributed by atoms with Crippen LogP contribution in [0.4, 0.5) is 9.18 Å². The minimum atomic E-state index is -0.625. The molecule has 0 unspecified atom stereocenters. The van der Waals surface area contributed by atoms with Gasteiger partial charge in [-0.3, -0.25) is 4.57 Å². The number of rotatable bonds is 2. The lowest BCUT2D eigenvalue weighted by Gasteiger charge is -2.34. The zero-order valence-corrected chi connectivity index (χ0v) is 20.2. The largest absolute Gasteiger partial charge is 0.444 e. The summed E-state index contributed by atoms with van der Waals surface area (Å²) in [5.74, 6) is 0.153. The number of aromatic nitrogens is 4. The van der Waals surface area contributed by atoms with Crippen molar-refractivity contribution in [2.24, 2.45) is 0 Å². The standard InChI is InChI=1S/C22H25BrFN5O3/c1-12-10-14(11-15(23)18(12)24)29-19(28-9-7-25-20(28)30)17-13(2)27(8-6-16(17)26-29)21(31)32-22(3,4)5/h7,9-11,13H,6,8H2,1-5H3,(H,25,30)/t13-/m0/s1. The summed E-state index contributed by atoms with van der Waals surface area (Å²) in [6, 6.07) is 2.91. The van der Waals surface area contributed by atoms with Crippen LogP contribution in [0.25, 0.3) is 11.5 Å². The summed E-state index contributed by atoms with van der Waals surface area (Å²) in [6.07, 6.45) is 3.23. The lowest BCUT2D eigenvalue weighted by atomic mass is 10.00. The molecule has 1 aliphatic rings. The van der Waals surface area contributed by atoms with E-state index in [-0.39, 0.29) is 17.5 Å². The average molecular weight is 506 g/mol. The van der Waals surface area contributed by atoms with Gasteiger partial charge < -0.3 is 14.6 Å². The molecule has 4 rings (SSSR count). The Morgan fingerprint density at radius 3 is 2.66 bits per heavy atom. The topological polar surface area (TPSA) is 85.2 Å². The van der Waals surface area contributed by atoms with Gasteiger partial charge in [0.1, 0.15) is 17.2 Å². The highest BCUT2D eigenvalue weighted by atomic mass is 79.9. The molecule has 1 amide bonds. The van der Waals surface area contributed by atoms with Gasteiger partial charge in [-0.25, -0.2) is 18.7 Å². The van der Waals surface area contributed by atoms with Crippen LogP contribution in [0, 0.1) is 12.7 Å². The van der Waals surface area contributed by atoms with Crippen molar-refractivity contribution in [1.82, 2.24) is 24.2 Å². The third kappa shape index (κ3) is 3.87. The van der Waals surface area contributed by atoms with Crippen molar-refractivity contribution in [3.63, 3.8) is 0 Å². The second kappa shape index (κ2) is 7.91. The molecule has 0 bridgehead atoms. The highest BCUT2D eigenvalue weighted by molar-refractivity contribution is 9.10. The first-order chi connectivity index (χ1) is 15.0. The van der Waals surface area contributed by atoms with E-state index in [2.05, 4.69) is 20.9 Å². The highest BCUT2D eigenvalue weighted by Crippen LogP contribution is 2.36. The predicted octanol–water partition coefficient (Wildman–Crippen LogP) is 4.42. The average Bonchev–Trinajstić information content (AvgIpc) is 3.27. The number of amides is 1. The van der Waals surface area contributed by atoms with Crippen molar-refractivity contribution in [3.8, 4) is 11.5 Å². The van der Waals surface area contributed by atoms with Crippen molar-refractivity contribution in [1.29, 1.82) is 0 Å². The fourth-order valence-electron chi connectivity index (χ4n) is 3.95. The Morgan fingerprint density at radius 2 is 2.06 bits per heavy atom. The fraction of sp³-hybridized carbons (Fsp3) is 0.409. The lowest BCUT2D eigenvalue weighted by Crippen LogP contribution is -2.42. The first-order valence-corrected chi connectivity index (χ1v) is 11.1. The summed E-state index contributed by atoms with van der Waals surface area (Å²) in [6.45, 7) is 9.46. The Balaban J connectivity index is 1.90. The van der Waals surface area contributed by atoms with Crippen LogP contribution in [0.1, 0.15) is 50.6 Å². The fourth-order valence-corrected chi connectivity index (χ4v) is 4.50. The molecule has 0 aliphatic carbocycles. The third-order valence-electron chi connectivity index (χ3n) is 5.39. The summed E-state index contributed by atoms with van der Waals surface area (Å²) in [7, 11) is 0. The highest BCUT2D eigenvalue weighted by Gasteiger charge is 2.36. The van der Waals surface area contributed by atoms with Gasteiger partial charge in [-0.2, -0.15) is 5.10 Å². The SMILES string of the molecule is Cc1cc(-n2nc3c(c2-n2cc[nH]c2=O)[C@H](C)N(C(=O)OC(C)(C)C)CC3)cc(Br)c1F. The Hall–Kier alpha value is -2.88. The monoisotopic (exact) mass is 505 g/mol. The second-order valence-corrected chi connectivity index (χ2v) is 9.74. The first-order valence-electron chi connectivity index (χ1n) is 10.3. The summed E-state index contributed by atoms with van der Waals surface area (Å²) in [5, 5.41) is 4.77. The molecule has 170 valence electrons. The molecule has 0 fully saturated rings. The maximum absolute atomic E-state index is 14.2. The first kappa shape index (κ1) is 22.3. The van der Waals surface area contributed by atoms with Gasteiger partial charge in [-0.15, -0.1) is 0 Å². The molecule has 3 heterocycles. The molecule has 2 aromatic heterocycles. The zero-order chi connectivity index (χ0) is 23.4. The normalized spacial score (nSPS) is 16.2. The number of nitrogens with zero attached hydrogens (tertiary/aromatic N) is 4. The van der Waals surface area contributed by atoms with E-state index in [1.807, 2.05) is 27.7 Å². The van der Waals surface area contributed by atoms with Crippen LogP contribution in [-0.4, -0.2) is 42.5 Å². The third-order valence-corrected chi connectivity index (χ3v) is 5.97. The van der Waals surface area contributed by atoms with Crippen molar-refractivity contribution in [3.05, 3.63) is 62.1 Å². The number of benzene rings is 1. The van der Waals surface area contributed by atoms with Gasteiger partial charge in [-0.1, -0.05) is 0 Å². The molecule has 32 heavy (non-hydrogen) atoms. The maximum atomic E-state index is 14.2. The van der Waals surface area contributed by atoms with E-state index in [9.17, 15) is 14.0 Å². The number of hydrogen-bond donors (Lipinski definition) is 1. The van der Waals surface area contributed by atoms with Crippen molar-refractivity contribution in [2.45, 2.75) is 52.7 Å². The lowest BCUT2D eigenvalue weighted by molar-refractivity contribution is 0.0159. The number of carbonyl (C=O) groups is 1. The molecule has 8 nitrogen and oxygen atoms in total. The number of aromatic amines is 1. The van der Waals surface area contributed by atoms with Gasteiger partial charge in [0, 0.05) is 30.9 Å². The summed E-state index contributed by atoms with van der Waals surface area (Å²) >= 11 is 3.26. The molecule has 1 N–H and O–H groups in total. The minimum Gasteiger partial charge on any atom is -0.444 e. The van der Waals surface area contributed by atoms with Crippen LogP contribution in [-0.2, 0) is 11.2 Å². The molecule has 1 aromatic carbocycles. The second-order valence-electron chi connectivity index (χ2n) is 8.89. The van der Waals surface area contributed by atoms with E-state index in [4.69, 9.17) is 9.84 Å². The number of nitrogens with one attached hydrogen (secondary N) is 1. The number of fused-ring (bicyclic) bond motifs is 1. The Labute approximate surface area is 193 Å². The molecule has 1 aliphatic heterocycles. The smallest absolute Gasteiger partial charge is 0.410 e. The van der Waals surface area contributed by atoms with Crippen LogP contribution >= 0.6 is 15.9 Å². The van der Waals surface area contributed by atoms with Crippen molar-refractivity contribution in [2.75, 3.05) is 6.54 Å². The molecule has 0 spiro atoms. The number of ether oxygens (including phenoxy) is 1. The van der Waals surface area contributed by atoms with Gasteiger partial charge in [0.25, 0.3) is 0 Å². The van der Waals surface area contributed by atoms with E-state index in [1.54, 1.807) is 34.8 Å². The predicted molar refractivity (Wildman–Crippen MR) is 121 cm³/mol. The van der Waals surface area contributed by atoms with Gasteiger partial charge >= 0.3 is 11.8 Å². The number of imidazole rings is 1. The van der Waals surface area contributed by atoms with Gasteiger partial charge in [-0.05, 0) is 68.2 Å². The minimum absolute atomic E-state index is 0.303. The molecule has 10 heteroatoms. The van der Waals surface area contributed by atoms with E-state index >= 15 is 0 Å². The summed E-state index contributed by atoms with van der Waals surface area (Å²) in [4.78, 5) is 29.7. The number of hydrogen-bond acceptors (Lipinski definition) is 4. The molecule has 0 saturated carbocycles. The Morgan fingerprint density at radius 1 is 1.34 bits per heavy atom. The van der Waals surface area contributed by atoms with E-state index < -0.39 is 11.7 Å². The maximum Gasteiger partial charge on any atom is 0.410 e.